The predicted molar refractivity (Wildman–Crippen MR) is 51.8 cm³/mol. The Morgan fingerprint density at radius 3 is 2.79 bits per heavy atom. The van der Waals surface area contributed by atoms with E-state index in [4.69, 9.17) is 9.84 Å². The van der Waals surface area contributed by atoms with Crippen LogP contribution in [0.25, 0.3) is 0 Å². The topological polar surface area (TPSA) is 46.5 Å². The lowest BCUT2D eigenvalue weighted by Gasteiger charge is -2.08. The molecule has 0 spiro atoms. The molecule has 0 aliphatic heterocycles. The molecule has 3 heteroatoms. The van der Waals surface area contributed by atoms with Gasteiger partial charge in [-0.1, -0.05) is 11.6 Å². The van der Waals surface area contributed by atoms with Crippen LogP contribution >= 0.6 is 0 Å². The molecule has 1 aromatic carbocycles. The zero-order valence-electron chi connectivity index (χ0n) is 7.99. The quantitative estimate of drug-likeness (QED) is 0.798. The summed E-state index contributed by atoms with van der Waals surface area (Å²) in [5, 5.41) is 8.94. The van der Waals surface area contributed by atoms with Crippen molar-refractivity contribution >= 4 is 5.97 Å². The number of hydrogen-bond acceptors (Lipinski definition) is 2. The standard InChI is InChI=1S/C11H12O3/c1-7-2-5-10(14-8-3-4-8)9(6-7)11(12)13/h2,5-6,8H,3-4H2,1H3,(H,12,13). The van der Waals surface area contributed by atoms with E-state index in [9.17, 15) is 4.79 Å². The first-order chi connectivity index (χ1) is 6.66. The van der Waals surface area contributed by atoms with Crippen LogP contribution in [0.2, 0.25) is 0 Å². The van der Waals surface area contributed by atoms with Crippen molar-refractivity contribution in [2.45, 2.75) is 25.9 Å². The predicted octanol–water partition coefficient (Wildman–Crippen LogP) is 2.23. The van der Waals surface area contributed by atoms with Gasteiger partial charge in [-0.2, -0.15) is 0 Å². The zero-order valence-corrected chi connectivity index (χ0v) is 7.99. The normalized spacial score (nSPS) is 15.2. The number of carboxylic acids is 1. The molecule has 14 heavy (non-hydrogen) atoms. The summed E-state index contributed by atoms with van der Waals surface area (Å²) in [6, 6.07) is 5.24. The highest BCUT2D eigenvalue weighted by Crippen LogP contribution is 2.29. The average molecular weight is 192 g/mol. The summed E-state index contributed by atoms with van der Waals surface area (Å²) in [4.78, 5) is 10.9. The van der Waals surface area contributed by atoms with Crippen LogP contribution in [0.15, 0.2) is 18.2 Å². The van der Waals surface area contributed by atoms with Crippen molar-refractivity contribution in [3.8, 4) is 5.75 Å². The highest BCUT2D eigenvalue weighted by atomic mass is 16.5. The minimum Gasteiger partial charge on any atom is -0.490 e. The van der Waals surface area contributed by atoms with Crippen LogP contribution in [0.5, 0.6) is 5.75 Å². The number of benzene rings is 1. The van der Waals surface area contributed by atoms with Gasteiger partial charge in [0.1, 0.15) is 11.3 Å². The molecule has 1 aromatic rings. The van der Waals surface area contributed by atoms with Gasteiger partial charge in [0.25, 0.3) is 0 Å². The highest BCUT2D eigenvalue weighted by Gasteiger charge is 2.25. The van der Waals surface area contributed by atoms with Crippen LogP contribution in [0.1, 0.15) is 28.8 Å². The third-order valence-electron chi connectivity index (χ3n) is 2.18. The van der Waals surface area contributed by atoms with E-state index in [0.717, 1.165) is 18.4 Å². The molecule has 0 unspecified atom stereocenters. The van der Waals surface area contributed by atoms with E-state index in [1.54, 1.807) is 12.1 Å². The lowest BCUT2D eigenvalue weighted by molar-refractivity contribution is 0.0692. The fourth-order valence-electron chi connectivity index (χ4n) is 1.28. The maximum Gasteiger partial charge on any atom is 0.339 e. The minimum absolute atomic E-state index is 0.232. The Labute approximate surface area is 82.3 Å². The molecule has 0 aromatic heterocycles. The Kier molecular flexibility index (Phi) is 2.15. The summed E-state index contributed by atoms with van der Waals surface area (Å²) in [6.07, 6.45) is 2.30. The average Bonchev–Trinajstić information content (AvgIpc) is 2.91. The van der Waals surface area contributed by atoms with Gasteiger partial charge in [0.15, 0.2) is 0 Å². The zero-order chi connectivity index (χ0) is 10.1. The number of aryl methyl sites for hydroxylation is 1. The summed E-state index contributed by atoms with van der Waals surface area (Å²) in [5.41, 5.74) is 1.20. The number of carboxylic acid groups (broad SMARTS) is 1. The van der Waals surface area contributed by atoms with E-state index in [-0.39, 0.29) is 11.7 Å². The smallest absolute Gasteiger partial charge is 0.339 e. The lowest BCUT2D eigenvalue weighted by Crippen LogP contribution is -2.04. The number of ether oxygens (including phenoxy) is 1. The molecule has 1 fully saturated rings. The molecule has 0 radical (unpaired) electrons. The first-order valence-electron chi connectivity index (χ1n) is 4.67. The van der Waals surface area contributed by atoms with Gasteiger partial charge < -0.3 is 9.84 Å². The van der Waals surface area contributed by atoms with Gasteiger partial charge >= 0.3 is 5.97 Å². The van der Waals surface area contributed by atoms with E-state index < -0.39 is 5.97 Å². The lowest BCUT2D eigenvalue weighted by atomic mass is 10.1. The second-order valence-corrected chi connectivity index (χ2v) is 3.62. The van der Waals surface area contributed by atoms with Gasteiger partial charge in [0.2, 0.25) is 0 Å². The summed E-state index contributed by atoms with van der Waals surface area (Å²) in [6.45, 7) is 1.87. The molecule has 0 atom stereocenters. The van der Waals surface area contributed by atoms with Crippen LogP contribution in [-0.4, -0.2) is 17.2 Å². The molecule has 0 heterocycles. The van der Waals surface area contributed by atoms with Crippen LogP contribution in [-0.2, 0) is 0 Å². The summed E-state index contributed by atoms with van der Waals surface area (Å²) >= 11 is 0. The maximum absolute atomic E-state index is 10.9. The Balaban J connectivity index is 2.31. The first-order valence-corrected chi connectivity index (χ1v) is 4.67. The monoisotopic (exact) mass is 192 g/mol. The van der Waals surface area contributed by atoms with E-state index >= 15 is 0 Å². The van der Waals surface area contributed by atoms with E-state index in [1.807, 2.05) is 13.0 Å². The van der Waals surface area contributed by atoms with Crippen molar-refractivity contribution in [3.63, 3.8) is 0 Å². The summed E-state index contributed by atoms with van der Waals surface area (Å²) in [7, 11) is 0. The summed E-state index contributed by atoms with van der Waals surface area (Å²) in [5.74, 6) is -0.435. The van der Waals surface area contributed by atoms with Crippen molar-refractivity contribution in [3.05, 3.63) is 29.3 Å². The Morgan fingerprint density at radius 1 is 1.50 bits per heavy atom. The molecule has 3 nitrogen and oxygen atoms in total. The van der Waals surface area contributed by atoms with E-state index in [2.05, 4.69) is 0 Å². The number of rotatable bonds is 3. The number of carbonyl (C=O) groups is 1. The van der Waals surface area contributed by atoms with Gasteiger partial charge in [-0.3, -0.25) is 0 Å². The second kappa shape index (κ2) is 3.33. The third-order valence-corrected chi connectivity index (χ3v) is 2.18. The first kappa shape index (κ1) is 9.06. The Hall–Kier alpha value is -1.51. The van der Waals surface area contributed by atoms with Crippen LogP contribution < -0.4 is 4.74 Å². The summed E-state index contributed by atoms with van der Waals surface area (Å²) < 4.78 is 5.49. The molecular formula is C11H12O3. The fourth-order valence-corrected chi connectivity index (χ4v) is 1.28. The SMILES string of the molecule is Cc1ccc(OC2CC2)c(C(=O)O)c1. The molecule has 1 N–H and O–H groups in total. The van der Waals surface area contributed by atoms with Crippen LogP contribution in [0.3, 0.4) is 0 Å². The van der Waals surface area contributed by atoms with Gasteiger partial charge in [-0.15, -0.1) is 0 Å². The van der Waals surface area contributed by atoms with Crippen molar-refractivity contribution in [1.82, 2.24) is 0 Å². The van der Waals surface area contributed by atoms with Gasteiger partial charge in [0.05, 0.1) is 6.10 Å². The largest absolute Gasteiger partial charge is 0.490 e. The molecular weight excluding hydrogens is 180 g/mol. The molecule has 0 saturated heterocycles. The van der Waals surface area contributed by atoms with Crippen LogP contribution in [0, 0.1) is 6.92 Å². The molecule has 1 aliphatic carbocycles. The van der Waals surface area contributed by atoms with Crippen LogP contribution in [0.4, 0.5) is 0 Å². The fraction of sp³-hybridized carbons (Fsp3) is 0.364. The number of aromatic carboxylic acids is 1. The highest BCUT2D eigenvalue weighted by molar-refractivity contribution is 5.91. The molecule has 1 aliphatic rings. The third kappa shape index (κ3) is 1.87. The van der Waals surface area contributed by atoms with Crippen molar-refractivity contribution in [2.24, 2.45) is 0 Å². The molecule has 0 amide bonds. The van der Waals surface area contributed by atoms with Crippen molar-refractivity contribution < 1.29 is 14.6 Å². The van der Waals surface area contributed by atoms with Gasteiger partial charge in [0, 0.05) is 0 Å². The van der Waals surface area contributed by atoms with E-state index in [0.29, 0.717) is 5.75 Å². The van der Waals surface area contributed by atoms with Crippen molar-refractivity contribution in [1.29, 1.82) is 0 Å². The second-order valence-electron chi connectivity index (χ2n) is 3.62. The molecule has 2 rings (SSSR count). The van der Waals surface area contributed by atoms with Crippen molar-refractivity contribution in [2.75, 3.05) is 0 Å². The molecule has 1 saturated carbocycles. The maximum atomic E-state index is 10.9. The van der Waals surface area contributed by atoms with E-state index in [1.165, 1.54) is 0 Å². The van der Waals surface area contributed by atoms with Gasteiger partial charge in [-0.25, -0.2) is 4.79 Å². The van der Waals surface area contributed by atoms with Gasteiger partial charge in [-0.05, 0) is 31.9 Å². The Bertz CT molecular complexity index is 367. The number of hydrogen-bond donors (Lipinski definition) is 1. The molecule has 0 bridgehead atoms. The Morgan fingerprint density at radius 2 is 2.21 bits per heavy atom. The minimum atomic E-state index is -0.927. The molecule has 74 valence electrons.